The van der Waals surface area contributed by atoms with Crippen molar-refractivity contribution in [1.82, 2.24) is 4.98 Å². The molecule has 1 aromatic heterocycles. The van der Waals surface area contributed by atoms with Crippen LogP contribution in [0.1, 0.15) is 19.3 Å². The van der Waals surface area contributed by atoms with Crippen molar-refractivity contribution in [2.24, 2.45) is 17.8 Å². The van der Waals surface area contributed by atoms with Gasteiger partial charge in [-0.3, -0.25) is 4.79 Å². The predicted molar refractivity (Wildman–Crippen MR) is 62.2 cm³/mol. The highest BCUT2D eigenvalue weighted by Gasteiger charge is 2.47. The van der Waals surface area contributed by atoms with Crippen molar-refractivity contribution in [3.8, 4) is 0 Å². The van der Waals surface area contributed by atoms with E-state index in [1.54, 1.807) is 18.3 Å². The van der Waals surface area contributed by atoms with Crippen LogP contribution in [0.25, 0.3) is 0 Å². The number of aromatic nitrogens is 1. The zero-order chi connectivity index (χ0) is 11.1. The van der Waals surface area contributed by atoms with Gasteiger partial charge in [0, 0.05) is 5.92 Å². The molecule has 16 heavy (non-hydrogen) atoms. The van der Waals surface area contributed by atoms with E-state index in [1.165, 1.54) is 6.42 Å². The maximum absolute atomic E-state index is 11.9. The molecule has 0 radical (unpaired) electrons. The minimum absolute atomic E-state index is 0.135. The second-order valence-corrected chi connectivity index (χ2v) is 5.17. The molecule has 0 bridgehead atoms. The normalized spacial score (nSPS) is 30.9. The molecule has 0 spiro atoms. The number of fused-ring (bicyclic) bond motifs is 1. The molecule has 84 valence electrons. The van der Waals surface area contributed by atoms with Crippen LogP contribution in [-0.4, -0.2) is 10.9 Å². The summed E-state index contributed by atoms with van der Waals surface area (Å²) in [5, 5.41) is 3.34. The van der Waals surface area contributed by atoms with Crippen LogP contribution in [0.4, 0.5) is 5.69 Å². The van der Waals surface area contributed by atoms with Gasteiger partial charge in [0.2, 0.25) is 5.91 Å². The summed E-state index contributed by atoms with van der Waals surface area (Å²) in [5.74, 6) is 2.01. The molecule has 1 amide bonds. The molecule has 0 aromatic carbocycles. The van der Waals surface area contributed by atoms with Crippen LogP contribution in [-0.2, 0) is 4.79 Å². The molecule has 3 rings (SSSR count). The number of anilines is 1. The third-order valence-electron chi connectivity index (χ3n) is 3.61. The van der Waals surface area contributed by atoms with E-state index in [0.29, 0.717) is 5.15 Å². The van der Waals surface area contributed by atoms with Gasteiger partial charge in [-0.2, -0.15) is 0 Å². The molecule has 2 fully saturated rings. The highest BCUT2D eigenvalue weighted by atomic mass is 35.5. The van der Waals surface area contributed by atoms with Crippen LogP contribution in [0.5, 0.6) is 0 Å². The first-order valence-electron chi connectivity index (χ1n) is 5.65. The second-order valence-electron chi connectivity index (χ2n) is 4.78. The van der Waals surface area contributed by atoms with Gasteiger partial charge in [0.25, 0.3) is 0 Å². The average molecular weight is 237 g/mol. The molecule has 1 aromatic rings. The quantitative estimate of drug-likeness (QED) is 0.803. The minimum atomic E-state index is 0.135. The van der Waals surface area contributed by atoms with Crippen molar-refractivity contribution < 1.29 is 4.79 Å². The molecule has 0 saturated heterocycles. The van der Waals surface area contributed by atoms with Gasteiger partial charge in [-0.15, -0.1) is 0 Å². The van der Waals surface area contributed by atoms with Gasteiger partial charge < -0.3 is 5.32 Å². The Kier molecular flexibility index (Phi) is 2.36. The zero-order valence-electron chi connectivity index (χ0n) is 8.82. The molecule has 2 aliphatic rings. The van der Waals surface area contributed by atoms with E-state index in [-0.39, 0.29) is 11.8 Å². The highest BCUT2D eigenvalue weighted by molar-refractivity contribution is 6.29. The molecule has 2 atom stereocenters. The van der Waals surface area contributed by atoms with Gasteiger partial charge in [0.1, 0.15) is 5.15 Å². The Hall–Kier alpha value is -1.09. The molecule has 2 aliphatic carbocycles. The van der Waals surface area contributed by atoms with Crippen molar-refractivity contribution in [1.29, 1.82) is 0 Å². The van der Waals surface area contributed by atoms with Crippen molar-refractivity contribution in [3.63, 3.8) is 0 Å². The Balaban J connectivity index is 1.61. The number of carbonyl (C=O) groups excluding carboxylic acids is 1. The number of amides is 1. The van der Waals surface area contributed by atoms with Crippen LogP contribution in [0.3, 0.4) is 0 Å². The number of nitrogens with one attached hydrogen (secondary N) is 1. The fraction of sp³-hybridized carbons (Fsp3) is 0.500. The first kappa shape index (κ1) is 10.1. The van der Waals surface area contributed by atoms with E-state index < -0.39 is 0 Å². The van der Waals surface area contributed by atoms with E-state index in [4.69, 9.17) is 11.6 Å². The maximum Gasteiger partial charge on any atom is 0.227 e. The number of carbonyl (C=O) groups is 1. The summed E-state index contributed by atoms with van der Waals surface area (Å²) in [6.45, 7) is 0. The van der Waals surface area contributed by atoms with Gasteiger partial charge >= 0.3 is 0 Å². The lowest BCUT2D eigenvalue weighted by atomic mass is 10.0. The molecule has 3 nitrogen and oxygen atoms in total. The summed E-state index contributed by atoms with van der Waals surface area (Å²) in [7, 11) is 0. The summed E-state index contributed by atoms with van der Waals surface area (Å²) in [6, 6.07) is 3.46. The first-order valence-corrected chi connectivity index (χ1v) is 6.02. The number of hydrogen-bond donors (Lipinski definition) is 1. The Labute approximate surface area is 99.2 Å². The predicted octanol–water partition coefficient (Wildman–Crippen LogP) is 2.72. The molecule has 1 heterocycles. The topological polar surface area (TPSA) is 42.0 Å². The Morgan fingerprint density at radius 2 is 2.06 bits per heavy atom. The number of rotatable bonds is 2. The third kappa shape index (κ3) is 1.92. The lowest BCUT2D eigenvalue weighted by Gasteiger charge is -2.11. The second kappa shape index (κ2) is 3.74. The summed E-state index contributed by atoms with van der Waals surface area (Å²) in [6.07, 6.45) is 5.07. The number of halogens is 1. The van der Waals surface area contributed by atoms with E-state index in [9.17, 15) is 4.79 Å². The molecular weight excluding hydrogens is 224 g/mol. The number of pyridine rings is 1. The molecule has 0 aliphatic heterocycles. The summed E-state index contributed by atoms with van der Waals surface area (Å²) < 4.78 is 0. The molecule has 4 heteroatoms. The largest absolute Gasteiger partial charge is 0.324 e. The average Bonchev–Trinajstić information content (AvgIpc) is 2.89. The maximum atomic E-state index is 11.9. The zero-order valence-corrected chi connectivity index (χ0v) is 9.57. The van der Waals surface area contributed by atoms with Crippen molar-refractivity contribution in [2.45, 2.75) is 19.3 Å². The van der Waals surface area contributed by atoms with Crippen LogP contribution in [0.2, 0.25) is 5.15 Å². The fourth-order valence-electron chi connectivity index (χ4n) is 2.62. The van der Waals surface area contributed by atoms with Crippen LogP contribution < -0.4 is 5.32 Å². The van der Waals surface area contributed by atoms with Crippen LogP contribution >= 0.6 is 11.6 Å². The fourth-order valence-corrected chi connectivity index (χ4v) is 2.73. The monoisotopic (exact) mass is 236 g/mol. The standard InChI is InChI=1S/C12H13ClN2O/c13-11-2-1-10(6-14-11)15-12(16)9-4-7-3-8(7)5-9/h1-2,6-9H,3-5H2,(H,15,16). The van der Waals surface area contributed by atoms with Gasteiger partial charge in [-0.05, 0) is 43.2 Å². The van der Waals surface area contributed by atoms with E-state index >= 15 is 0 Å². The number of hydrogen-bond acceptors (Lipinski definition) is 2. The highest BCUT2D eigenvalue weighted by Crippen LogP contribution is 2.54. The smallest absolute Gasteiger partial charge is 0.227 e. The minimum Gasteiger partial charge on any atom is -0.324 e. The Morgan fingerprint density at radius 1 is 1.31 bits per heavy atom. The van der Waals surface area contributed by atoms with Crippen LogP contribution in [0, 0.1) is 17.8 Å². The van der Waals surface area contributed by atoms with Gasteiger partial charge in [0.15, 0.2) is 0 Å². The van der Waals surface area contributed by atoms with Crippen LogP contribution in [0.15, 0.2) is 18.3 Å². The summed E-state index contributed by atoms with van der Waals surface area (Å²) in [4.78, 5) is 15.8. The van der Waals surface area contributed by atoms with Gasteiger partial charge in [-0.1, -0.05) is 11.6 Å². The van der Waals surface area contributed by atoms with Crippen molar-refractivity contribution >= 4 is 23.2 Å². The summed E-state index contributed by atoms with van der Waals surface area (Å²) in [5.41, 5.74) is 0.731. The van der Waals surface area contributed by atoms with E-state index in [0.717, 1.165) is 30.4 Å². The Morgan fingerprint density at radius 3 is 2.69 bits per heavy atom. The number of nitrogens with zero attached hydrogens (tertiary/aromatic N) is 1. The first-order chi connectivity index (χ1) is 7.72. The molecule has 1 N–H and O–H groups in total. The van der Waals surface area contributed by atoms with E-state index in [2.05, 4.69) is 10.3 Å². The third-order valence-corrected chi connectivity index (χ3v) is 3.83. The van der Waals surface area contributed by atoms with Gasteiger partial charge in [0.05, 0.1) is 11.9 Å². The summed E-state index contributed by atoms with van der Waals surface area (Å²) >= 11 is 5.68. The van der Waals surface area contributed by atoms with Gasteiger partial charge in [-0.25, -0.2) is 4.98 Å². The lowest BCUT2D eigenvalue weighted by molar-refractivity contribution is -0.120. The lowest BCUT2D eigenvalue weighted by Crippen LogP contribution is -2.21. The van der Waals surface area contributed by atoms with Crippen molar-refractivity contribution in [3.05, 3.63) is 23.5 Å². The molecule has 2 unspecified atom stereocenters. The van der Waals surface area contributed by atoms with Crippen molar-refractivity contribution in [2.75, 3.05) is 5.32 Å². The Bertz CT molecular complexity index is 408. The molecular formula is C12H13ClN2O. The van der Waals surface area contributed by atoms with E-state index in [1.807, 2.05) is 0 Å². The SMILES string of the molecule is O=C(Nc1ccc(Cl)nc1)C1CC2CC2C1. The molecule has 2 saturated carbocycles.